The Morgan fingerprint density at radius 2 is 2.05 bits per heavy atom. The van der Waals surface area contributed by atoms with Gasteiger partial charge in [-0.2, -0.15) is 11.8 Å². The normalized spacial score (nSPS) is 16.6. The minimum atomic E-state index is 0.372. The molecule has 1 aliphatic heterocycles. The van der Waals surface area contributed by atoms with Gasteiger partial charge in [0.1, 0.15) is 5.82 Å². The lowest BCUT2D eigenvalue weighted by atomic mass is 10.2. The van der Waals surface area contributed by atoms with E-state index in [0.29, 0.717) is 12.0 Å². The van der Waals surface area contributed by atoms with Gasteiger partial charge in [0, 0.05) is 37.3 Å². The number of hydrogen-bond acceptors (Lipinski definition) is 5. The Balaban J connectivity index is 2.24. The average Bonchev–Trinajstić information content (AvgIpc) is 2.73. The van der Waals surface area contributed by atoms with Crippen LogP contribution in [0.25, 0.3) is 0 Å². The first kappa shape index (κ1) is 16.6. The monoisotopic (exact) mass is 308 g/mol. The standard InChI is InChI=1S/C16H28N4S/c1-12(2)16-18-11-15(14(19-16)10-17-13(3)4)20-6-5-8-21-9-7-20/h11-13,17H,5-10H2,1-4H3. The van der Waals surface area contributed by atoms with Crippen LogP contribution in [-0.4, -0.2) is 40.6 Å². The van der Waals surface area contributed by atoms with E-state index in [0.717, 1.165) is 31.2 Å². The van der Waals surface area contributed by atoms with Crippen LogP contribution in [0.5, 0.6) is 0 Å². The Hall–Kier alpha value is -0.810. The summed E-state index contributed by atoms with van der Waals surface area (Å²) in [4.78, 5) is 11.9. The fourth-order valence-electron chi connectivity index (χ4n) is 2.39. The Labute approximate surface area is 133 Å². The van der Waals surface area contributed by atoms with Gasteiger partial charge >= 0.3 is 0 Å². The van der Waals surface area contributed by atoms with Gasteiger partial charge in [-0.3, -0.25) is 0 Å². The molecule has 1 N–H and O–H groups in total. The molecule has 2 heterocycles. The zero-order chi connectivity index (χ0) is 15.2. The molecule has 0 unspecified atom stereocenters. The molecule has 1 fully saturated rings. The molecule has 2 rings (SSSR count). The SMILES string of the molecule is CC(C)NCc1nc(C(C)C)ncc1N1CCCSCC1. The molecule has 0 spiro atoms. The lowest BCUT2D eigenvalue weighted by molar-refractivity contribution is 0.575. The van der Waals surface area contributed by atoms with Crippen LogP contribution in [0, 0.1) is 0 Å². The smallest absolute Gasteiger partial charge is 0.131 e. The van der Waals surface area contributed by atoms with Crippen molar-refractivity contribution in [2.75, 3.05) is 29.5 Å². The summed E-state index contributed by atoms with van der Waals surface area (Å²) >= 11 is 2.05. The third-order valence-corrected chi connectivity index (χ3v) is 4.67. The summed E-state index contributed by atoms with van der Waals surface area (Å²) in [6.45, 7) is 11.7. The minimum Gasteiger partial charge on any atom is -0.368 e. The van der Waals surface area contributed by atoms with Crippen LogP contribution in [0.3, 0.4) is 0 Å². The molecule has 1 aliphatic rings. The first-order chi connectivity index (χ1) is 10.1. The van der Waals surface area contributed by atoms with E-state index in [2.05, 4.69) is 42.9 Å². The van der Waals surface area contributed by atoms with Crippen molar-refractivity contribution in [1.29, 1.82) is 0 Å². The van der Waals surface area contributed by atoms with Gasteiger partial charge < -0.3 is 10.2 Å². The zero-order valence-electron chi connectivity index (χ0n) is 13.7. The van der Waals surface area contributed by atoms with Crippen molar-refractivity contribution in [2.45, 2.75) is 52.6 Å². The first-order valence-corrected chi connectivity index (χ1v) is 9.15. The van der Waals surface area contributed by atoms with Crippen LogP contribution in [0.1, 0.15) is 51.6 Å². The topological polar surface area (TPSA) is 41.1 Å². The summed E-state index contributed by atoms with van der Waals surface area (Å²) < 4.78 is 0. The van der Waals surface area contributed by atoms with Crippen LogP contribution >= 0.6 is 11.8 Å². The highest BCUT2D eigenvalue weighted by Gasteiger charge is 2.17. The molecule has 1 aromatic rings. The van der Waals surface area contributed by atoms with Gasteiger partial charge in [-0.05, 0) is 12.2 Å². The largest absolute Gasteiger partial charge is 0.368 e. The highest BCUT2D eigenvalue weighted by atomic mass is 32.2. The molecule has 4 nitrogen and oxygen atoms in total. The van der Waals surface area contributed by atoms with E-state index in [-0.39, 0.29) is 0 Å². The molecule has 0 aromatic carbocycles. The molecular formula is C16H28N4S. The van der Waals surface area contributed by atoms with E-state index >= 15 is 0 Å². The third kappa shape index (κ3) is 4.85. The summed E-state index contributed by atoms with van der Waals surface area (Å²) in [7, 11) is 0. The molecule has 118 valence electrons. The van der Waals surface area contributed by atoms with Gasteiger partial charge in [-0.15, -0.1) is 0 Å². The number of rotatable bonds is 5. The molecular weight excluding hydrogens is 280 g/mol. The molecule has 0 atom stereocenters. The van der Waals surface area contributed by atoms with Crippen LogP contribution in [0.15, 0.2) is 6.20 Å². The molecule has 0 radical (unpaired) electrons. The lowest BCUT2D eigenvalue weighted by Gasteiger charge is -2.25. The second-order valence-corrected chi connectivity index (χ2v) is 7.43. The van der Waals surface area contributed by atoms with E-state index in [1.807, 2.05) is 18.0 Å². The van der Waals surface area contributed by atoms with E-state index in [1.165, 1.54) is 23.6 Å². The number of thioether (sulfide) groups is 1. The maximum Gasteiger partial charge on any atom is 0.131 e. The van der Waals surface area contributed by atoms with Gasteiger partial charge in [0.2, 0.25) is 0 Å². The quantitative estimate of drug-likeness (QED) is 0.905. The zero-order valence-corrected chi connectivity index (χ0v) is 14.5. The van der Waals surface area contributed by atoms with Crippen molar-refractivity contribution in [3.63, 3.8) is 0 Å². The van der Waals surface area contributed by atoms with Gasteiger partial charge in [0.15, 0.2) is 0 Å². The lowest BCUT2D eigenvalue weighted by Crippen LogP contribution is -2.30. The predicted octanol–water partition coefficient (Wildman–Crippen LogP) is 3.04. The second-order valence-electron chi connectivity index (χ2n) is 6.20. The van der Waals surface area contributed by atoms with Crippen molar-refractivity contribution in [2.24, 2.45) is 0 Å². The van der Waals surface area contributed by atoms with E-state index in [9.17, 15) is 0 Å². The summed E-state index contributed by atoms with van der Waals surface area (Å²) in [5, 5.41) is 3.50. The van der Waals surface area contributed by atoms with Crippen molar-refractivity contribution in [3.8, 4) is 0 Å². The van der Waals surface area contributed by atoms with Crippen LogP contribution in [0.4, 0.5) is 5.69 Å². The van der Waals surface area contributed by atoms with E-state index < -0.39 is 0 Å². The van der Waals surface area contributed by atoms with Crippen LogP contribution < -0.4 is 10.2 Å². The first-order valence-electron chi connectivity index (χ1n) is 7.99. The highest BCUT2D eigenvalue weighted by molar-refractivity contribution is 7.99. The molecule has 0 amide bonds. The maximum absolute atomic E-state index is 4.83. The molecule has 21 heavy (non-hydrogen) atoms. The van der Waals surface area contributed by atoms with Gasteiger partial charge in [0.05, 0.1) is 17.6 Å². The van der Waals surface area contributed by atoms with Crippen molar-refractivity contribution in [3.05, 3.63) is 17.7 Å². The maximum atomic E-state index is 4.83. The Morgan fingerprint density at radius 1 is 1.24 bits per heavy atom. The second kappa shape index (κ2) is 7.99. The summed E-state index contributed by atoms with van der Waals surface area (Å²) in [6, 6.07) is 0.468. The fourth-order valence-corrected chi connectivity index (χ4v) is 3.27. The molecule has 1 saturated heterocycles. The predicted molar refractivity (Wildman–Crippen MR) is 92.3 cm³/mol. The van der Waals surface area contributed by atoms with Gasteiger partial charge in [-0.1, -0.05) is 27.7 Å². The number of nitrogens with one attached hydrogen (secondary N) is 1. The van der Waals surface area contributed by atoms with Gasteiger partial charge in [0.25, 0.3) is 0 Å². The van der Waals surface area contributed by atoms with Crippen LogP contribution in [0.2, 0.25) is 0 Å². The third-order valence-electron chi connectivity index (χ3n) is 3.62. The minimum absolute atomic E-state index is 0.372. The summed E-state index contributed by atoms with van der Waals surface area (Å²) in [5.41, 5.74) is 2.37. The van der Waals surface area contributed by atoms with Crippen molar-refractivity contribution < 1.29 is 0 Å². The number of hydrogen-bond donors (Lipinski definition) is 1. The van der Waals surface area contributed by atoms with E-state index in [1.54, 1.807) is 0 Å². The average molecular weight is 308 g/mol. The number of aromatic nitrogens is 2. The van der Waals surface area contributed by atoms with E-state index in [4.69, 9.17) is 4.98 Å². The molecule has 0 saturated carbocycles. The summed E-state index contributed by atoms with van der Waals surface area (Å²) in [5.74, 6) is 3.78. The molecule has 0 aliphatic carbocycles. The summed E-state index contributed by atoms with van der Waals surface area (Å²) in [6.07, 6.45) is 3.28. The number of nitrogens with zero attached hydrogens (tertiary/aromatic N) is 3. The molecule has 5 heteroatoms. The fraction of sp³-hybridized carbons (Fsp3) is 0.750. The Kier molecular flexibility index (Phi) is 6.30. The molecule has 0 bridgehead atoms. The van der Waals surface area contributed by atoms with Crippen molar-refractivity contribution in [1.82, 2.24) is 15.3 Å². The Bertz CT molecular complexity index is 440. The van der Waals surface area contributed by atoms with Crippen LogP contribution in [-0.2, 0) is 6.54 Å². The Morgan fingerprint density at radius 3 is 2.76 bits per heavy atom. The highest BCUT2D eigenvalue weighted by Crippen LogP contribution is 2.23. The molecule has 1 aromatic heterocycles. The van der Waals surface area contributed by atoms with Crippen molar-refractivity contribution >= 4 is 17.4 Å². The van der Waals surface area contributed by atoms with Gasteiger partial charge in [-0.25, -0.2) is 9.97 Å². The number of anilines is 1.